The van der Waals surface area contributed by atoms with Crippen LogP contribution in [0.4, 0.5) is 0 Å². The largest absolute Gasteiger partial charge is 0.493 e. The first-order valence-electron chi connectivity index (χ1n) is 11.1. The lowest BCUT2D eigenvalue weighted by molar-refractivity contribution is -0.136. The number of hydrogen-bond donors (Lipinski definition) is 0. The van der Waals surface area contributed by atoms with Crippen LogP contribution in [0.2, 0.25) is 0 Å². The Bertz CT molecular complexity index is 1470. The average molecular weight is 604 g/mol. The maximum Gasteiger partial charge on any atom is 0.338 e. The molecule has 7 nitrogen and oxygen atoms in total. The zero-order valence-corrected chi connectivity index (χ0v) is 22.8. The summed E-state index contributed by atoms with van der Waals surface area (Å²) in [6.45, 7) is 4.29. The second-order valence-electron chi connectivity index (χ2n) is 7.66. The van der Waals surface area contributed by atoms with Gasteiger partial charge < -0.3 is 14.2 Å². The molecule has 0 bridgehead atoms. The lowest BCUT2D eigenvalue weighted by Crippen LogP contribution is -2.40. The van der Waals surface area contributed by atoms with Crippen LogP contribution in [0, 0.1) is 3.57 Å². The fourth-order valence-corrected chi connectivity index (χ4v) is 5.73. The Kier molecular flexibility index (Phi) is 7.75. The molecule has 9 heteroatoms. The number of ether oxygens (including phenoxy) is 3. The van der Waals surface area contributed by atoms with E-state index in [0.29, 0.717) is 45.1 Å². The summed E-state index contributed by atoms with van der Waals surface area (Å²) in [4.78, 5) is 31.9. The van der Waals surface area contributed by atoms with E-state index < -0.39 is 12.0 Å². The molecule has 4 rings (SSSR count). The van der Waals surface area contributed by atoms with Gasteiger partial charge in [-0.05, 0) is 59.7 Å². The number of fused-ring (bicyclic) bond motifs is 1. The molecule has 0 amide bonds. The molecule has 2 aromatic carbocycles. The van der Waals surface area contributed by atoms with E-state index >= 15 is 0 Å². The van der Waals surface area contributed by atoms with Gasteiger partial charge in [-0.2, -0.15) is 0 Å². The van der Waals surface area contributed by atoms with Crippen molar-refractivity contribution in [2.75, 3.05) is 20.8 Å². The van der Waals surface area contributed by atoms with Gasteiger partial charge in [0.1, 0.15) is 0 Å². The monoisotopic (exact) mass is 604 g/mol. The molecule has 0 saturated carbocycles. The second kappa shape index (κ2) is 10.8. The molecule has 0 saturated heterocycles. The zero-order chi connectivity index (χ0) is 25.1. The molecule has 1 atom stereocenters. The van der Waals surface area contributed by atoms with Crippen LogP contribution < -0.4 is 24.4 Å². The number of halogens is 1. The summed E-state index contributed by atoms with van der Waals surface area (Å²) in [5.41, 5.74) is 2.31. The third kappa shape index (κ3) is 4.79. The lowest BCUT2D eigenvalue weighted by Gasteiger charge is -2.25. The number of carbonyl (C=O) groups excluding carboxylic acids is 1. The number of thiazole rings is 1. The van der Waals surface area contributed by atoms with Gasteiger partial charge in [-0.3, -0.25) is 9.36 Å². The molecule has 3 aromatic rings. The number of aromatic nitrogens is 1. The highest BCUT2D eigenvalue weighted by Crippen LogP contribution is 2.34. The van der Waals surface area contributed by atoms with Gasteiger partial charge in [-0.1, -0.05) is 48.6 Å². The van der Waals surface area contributed by atoms with Crippen molar-refractivity contribution in [2.24, 2.45) is 4.99 Å². The second-order valence-corrected chi connectivity index (χ2v) is 9.91. The minimum absolute atomic E-state index is 0.237. The van der Waals surface area contributed by atoms with Crippen molar-refractivity contribution in [3.05, 3.63) is 88.1 Å². The molecule has 1 aromatic heterocycles. The summed E-state index contributed by atoms with van der Waals surface area (Å²) >= 11 is 3.49. The molecule has 0 fully saturated rings. The van der Waals surface area contributed by atoms with E-state index in [9.17, 15) is 9.59 Å². The van der Waals surface area contributed by atoms with Gasteiger partial charge in [0, 0.05) is 9.13 Å². The summed E-state index contributed by atoms with van der Waals surface area (Å²) in [6.07, 6.45) is 2.33. The smallest absolute Gasteiger partial charge is 0.338 e. The van der Waals surface area contributed by atoms with Crippen molar-refractivity contribution in [3.8, 4) is 11.5 Å². The van der Waals surface area contributed by atoms with Crippen LogP contribution in [0.15, 0.2) is 63.5 Å². The third-order valence-corrected chi connectivity index (χ3v) is 7.21. The Morgan fingerprint density at radius 3 is 2.57 bits per heavy atom. The maximum atomic E-state index is 13.8. The van der Waals surface area contributed by atoms with Crippen molar-refractivity contribution in [3.63, 3.8) is 0 Å². The summed E-state index contributed by atoms with van der Waals surface area (Å²) < 4.78 is 19.5. The molecule has 0 N–H and O–H groups in total. The van der Waals surface area contributed by atoms with Crippen molar-refractivity contribution in [1.29, 1.82) is 0 Å². The van der Waals surface area contributed by atoms with Crippen LogP contribution in [0.1, 0.15) is 37.4 Å². The summed E-state index contributed by atoms with van der Waals surface area (Å²) in [6, 6.07) is 12.7. The molecular weight excluding hydrogens is 579 g/mol. The summed E-state index contributed by atoms with van der Waals surface area (Å²) in [5, 5.41) is 0. The molecule has 182 valence electrons. The Balaban J connectivity index is 2.01. The molecule has 0 radical (unpaired) electrons. The van der Waals surface area contributed by atoms with E-state index in [0.717, 1.165) is 14.7 Å². The van der Waals surface area contributed by atoms with Crippen LogP contribution >= 0.6 is 33.9 Å². The van der Waals surface area contributed by atoms with E-state index in [2.05, 4.69) is 22.6 Å². The molecular formula is C26H25IN2O5S. The molecule has 0 spiro atoms. The first-order chi connectivity index (χ1) is 16.9. The number of esters is 1. The van der Waals surface area contributed by atoms with Crippen LogP contribution in [-0.2, 0) is 9.53 Å². The highest BCUT2D eigenvalue weighted by atomic mass is 127. The van der Waals surface area contributed by atoms with Gasteiger partial charge in [0.05, 0.1) is 42.7 Å². The number of rotatable bonds is 7. The third-order valence-electron chi connectivity index (χ3n) is 5.61. The average Bonchev–Trinajstić information content (AvgIpc) is 3.18. The molecule has 2 heterocycles. The minimum atomic E-state index is -0.631. The number of allylic oxidation sites excluding steroid dienone is 1. The van der Waals surface area contributed by atoms with Gasteiger partial charge in [0.25, 0.3) is 5.56 Å². The lowest BCUT2D eigenvalue weighted by atomic mass is 9.95. The van der Waals surface area contributed by atoms with Gasteiger partial charge in [-0.15, -0.1) is 0 Å². The van der Waals surface area contributed by atoms with Crippen molar-refractivity contribution < 1.29 is 19.0 Å². The SMILES string of the molecule is CCOc1c(/C=c2/sc3n(c2=O)[C@@H](c2ccccc2)C(C(=O)OC)=C(CC)N=3)cc(I)cc1OC. The fourth-order valence-electron chi connectivity index (χ4n) is 4.10. The van der Waals surface area contributed by atoms with E-state index in [1.165, 1.54) is 18.4 Å². The van der Waals surface area contributed by atoms with Crippen molar-refractivity contribution in [1.82, 2.24) is 4.57 Å². The van der Waals surface area contributed by atoms with Gasteiger partial charge in [-0.25, -0.2) is 9.79 Å². The van der Waals surface area contributed by atoms with E-state index in [4.69, 9.17) is 19.2 Å². The van der Waals surface area contributed by atoms with Crippen molar-refractivity contribution >= 4 is 46.0 Å². The number of benzene rings is 2. The Morgan fingerprint density at radius 1 is 1.20 bits per heavy atom. The van der Waals surface area contributed by atoms with Crippen LogP contribution in [0.25, 0.3) is 6.08 Å². The Morgan fingerprint density at radius 2 is 1.94 bits per heavy atom. The maximum absolute atomic E-state index is 13.8. The normalized spacial score (nSPS) is 15.5. The molecule has 1 aliphatic rings. The number of nitrogens with zero attached hydrogens (tertiary/aromatic N) is 2. The van der Waals surface area contributed by atoms with Gasteiger partial charge in [0.2, 0.25) is 0 Å². The summed E-state index contributed by atoms with van der Waals surface area (Å²) in [5.74, 6) is 0.682. The topological polar surface area (TPSA) is 79.1 Å². The number of hydrogen-bond acceptors (Lipinski definition) is 7. The van der Waals surface area contributed by atoms with Crippen LogP contribution in [0.3, 0.4) is 0 Å². The van der Waals surface area contributed by atoms with E-state index in [-0.39, 0.29) is 5.56 Å². The molecule has 1 aliphatic heterocycles. The standard InChI is InChI=1S/C26H25IN2O5S/c1-5-18-21(25(31)33-4)22(15-10-8-7-9-11-15)29-24(30)20(35-26(29)28-18)13-16-12-17(27)14-19(32-3)23(16)34-6-2/h7-14,22H,5-6H2,1-4H3/b20-13+/t22-/m0/s1. The van der Waals surface area contributed by atoms with Crippen LogP contribution in [0.5, 0.6) is 11.5 Å². The quantitative estimate of drug-likeness (QED) is 0.303. The first-order valence-corrected chi connectivity index (χ1v) is 13.0. The highest BCUT2D eigenvalue weighted by Gasteiger charge is 2.33. The Labute approximate surface area is 220 Å². The predicted octanol–water partition coefficient (Wildman–Crippen LogP) is 3.81. The number of methoxy groups -OCH3 is 2. The number of carbonyl (C=O) groups is 1. The van der Waals surface area contributed by atoms with Crippen LogP contribution in [-0.4, -0.2) is 31.4 Å². The summed E-state index contributed by atoms with van der Waals surface area (Å²) in [7, 11) is 2.93. The zero-order valence-electron chi connectivity index (χ0n) is 19.8. The molecule has 0 aliphatic carbocycles. The van der Waals surface area contributed by atoms with Gasteiger partial charge in [0.15, 0.2) is 16.3 Å². The van der Waals surface area contributed by atoms with Gasteiger partial charge >= 0.3 is 5.97 Å². The van der Waals surface area contributed by atoms with E-state index in [1.54, 1.807) is 17.8 Å². The fraction of sp³-hybridized carbons (Fsp3) is 0.269. The van der Waals surface area contributed by atoms with Crippen molar-refractivity contribution in [2.45, 2.75) is 26.3 Å². The van der Waals surface area contributed by atoms with E-state index in [1.807, 2.05) is 56.3 Å². The minimum Gasteiger partial charge on any atom is -0.493 e. The molecule has 0 unspecified atom stereocenters. The highest BCUT2D eigenvalue weighted by molar-refractivity contribution is 14.1. The Hall–Kier alpha value is -2.92. The first kappa shape index (κ1) is 25.2. The predicted molar refractivity (Wildman–Crippen MR) is 144 cm³/mol. The molecule has 35 heavy (non-hydrogen) atoms.